The Bertz CT molecular complexity index is 703. The Morgan fingerprint density at radius 3 is 2.48 bits per heavy atom. The summed E-state index contributed by atoms with van der Waals surface area (Å²) < 4.78 is 61.0. The molecule has 0 aromatic heterocycles. The number of halogens is 4. The van der Waals surface area contributed by atoms with E-state index in [9.17, 15) is 17.6 Å². The molecule has 4 nitrogen and oxygen atoms in total. The van der Waals surface area contributed by atoms with E-state index in [1.54, 1.807) is 12.1 Å². The van der Waals surface area contributed by atoms with Gasteiger partial charge in [0.1, 0.15) is 5.75 Å². The zero-order chi connectivity index (χ0) is 21.8. The fourth-order valence-corrected chi connectivity index (χ4v) is 5.07. The number of hydrogen-bond donors (Lipinski definition) is 0. The summed E-state index contributed by atoms with van der Waals surface area (Å²) in [7, 11) is 0. The molecule has 0 amide bonds. The predicted molar refractivity (Wildman–Crippen MR) is 109 cm³/mol. The van der Waals surface area contributed by atoms with Crippen molar-refractivity contribution in [2.75, 3.05) is 45.9 Å². The number of hydrogen-bond acceptors (Lipinski definition) is 4. The Morgan fingerprint density at radius 2 is 1.77 bits per heavy atom. The van der Waals surface area contributed by atoms with Crippen molar-refractivity contribution in [3.63, 3.8) is 0 Å². The van der Waals surface area contributed by atoms with Crippen molar-refractivity contribution in [1.29, 1.82) is 0 Å². The van der Waals surface area contributed by atoms with Crippen molar-refractivity contribution in [3.05, 3.63) is 29.8 Å². The molecule has 3 fully saturated rings. The van der Waals surface area contributed by atoms with Crippen LogP contribution in [0.5, 0.6) is 5.75 Å². The molecule has 3 aliphatic rings. The fourth-order valence-electron chi connectivity index (χ4n) is 5.07. The van der Waals surface area contributed by atoms with Crippen molar-refractivity contribution in [2.45, 2.75) is 44.8 Å². The van der Waals surface area contributed by atoms with Gasteiger partial charge in [-0.05, 0) is 67.8 Å². The summed E-state index contributed by atoms with van der Waals surface area (Å²) in [6.45, 7) is 7.78. The predicted octanol–water partition coefficient (Wildman–Crippen LogP) is 4.49. The molecule has 4 rings (SSSR count). The van der Waals surface area contributed by atoms with Gasteiger partial charge in [-0.1, -0.05) is 18.6 Å². The van der Waals surface area contributed by atoms with Gasteiger partial charge in [-0.2, -0.15) is 17.6 Å². The number of nitrogens with zero attached hydrogens (tertiary/aromatic N) is 2. The number of ether oxygens (including phenoxy) is 2. The molecule has 1 unspecified atom stereocenters. The highest BCUT2D eigenvalue weighted by atomic mass is 19.3. The molecule has 1 aromatic carbocycles. The van der Waals surface area contributed by atoms with Crippen LogP contribution >= 0.6 is 0 Å². The van der Waals surface area contributed by atoms with Crippen LogP contribution in [-0.2, 0) is 11.3 Å². The van der Waals surface area contributed by atoms with Gasteiger partial charge in [0.25, 0.3) is 0 Å². The van der Waals surface area contributed by atoms with E-state index in [1.165, 1.54) is 44.5 Å². The average Bonchev–Trinajstić information content (AvgIpc) is 3.19. The van der Waals surface area contributed by atoms with E-state index in [1.807, 2.05) is 0 Å². The van der Waals surface area contributed by atoms with Crippen LogP contribution in [0.15, 0.2) is 24.3 Å². The summed E-state index contributed by atoms with van der Waals surface area (Å²) in [5.74, 6) is 1.68. The molecular weight excluding hydrogens is 412 g/mol. The van der Waals surface area contributed by atoms with Crippen LogP contribution < -0.4 is 4.74 Å². The minimum absolute atomic E-state index is 0.233. The van der Waals surface area contributed by atoms with E-state index in [0.717, 1.165) is 44.8 Å². The maximum absolute atomic E-state index is 13.1. The minimum atomic E-state index is -4.48. The monoisotopic (exact) mass is 444 g/mol. The van der Waals surface area contributed by atoms with Gasteiger partial charge in [0.2, 0.25) is 0 Å². The summed E-state index contributed by atoms with van der Waals surface area (Å²) in [4.78, 5) is 4.82. The van der Waals surface area contributed by atoms with Crippen molar-refractivity contribution in [1.82, 2.24) is 9.80 Å². The SMILES string of the molecule is FC(F)C(F)(F)Oc1cccc(CN2C[C@@H]3C(COCCCN4CCCCC4)[C@@H]3C2)c1. The van der Waals surface area contributed by atoms with Crippen LogP contribution in [0.4, 0.5) is 17.6 Å². The van der Waals surface area contributed by atoms with Gasteiger partial charge in [-0.15, -0.1) is 0 Å². The molecule has 2 heterocycles. The molecule has 1 saturated carbocycles. The molecule has 1 aliphatic carbocycles. The van der Waals surface area contributed by atoms with Gasteiger partial charge >= 0.3 is 12.5 Å². The largest absolute Gasteiger partial charge is 0.461 e. The molecule has 174 valence electrons. The zero-order valence-corrected chi connectivity index (χ0v) is 17.8. The van der Waals surface area contributed by atoms with E-state index in [-0.39, 0.29) is 5.75 Å². The van der Waals surface area contributed by atoms with Gasteiger partial charge in [0.05, 0.1) is 6.61 Å². The maximum Gasteiger partial charge on any atom is 0.461 e. The maximum atomic E-state index is 13.1. The molecule has 2 aliphatic heterocycles. The van der Waals surface area contributed by atoms with Crippen LogP contribution in [0, 0.1) is 17.8 Å². The third kappa shape index (κ3) is 6.11. The van der Waals surface area contributed by atoms with Gasteiger partial charge < -0.3 is 14.4 Å². The summed E-state index contributed by atoms with van der Waals surface area (Å²) in [5.41, 5.74) is 0.786. The second-order valence-corrected chi connectivity index (χ2v) is 9.13. The standard InChI is InChI=1S/C23H32F4N2O2/c24-22(25)23(26,27)31-18-7-4-6-17(12-18)13-29-14-19-20(15-29)21(19)16-30-11-5-10-28-8-2-1-3-9-28/h4,6-7,12,19-22H,1-3,5,8-11,13-16H2/t19-,20+,21?. The second-order valence-electron chi connectivity index (χ2n) is 9.13. The van der Waals surface area contributed by atoms with E-state index >= 15 is 0 Å². The number of rotatable bonds is 11. The second kappa shape index (κ2) is 10.0. The Kier molecular flexibility index (Phi) is 7.39. The van der Waals surface area contributed by atoms with Crippen LogP contribution in [0.1, 0.15) is 31.2 Å². The number of benzene rings is 1. The van der Waals surface area contributed by atoms with Crippen LogP contribution in [0.3, 0.4) is 0 Å². The topological polar surface area (TPSA) is 24.9 Å². The third-order valence-electron chi connectivity index (χ3n) is 6.78. The molecular formula is C23H32F4N2O2. The molecule has 2 saturated heterocycles. The third-order valence-corrected chi connectivity index (χ3v) is 6.78. The lowest BCUT2D eigenvalue weighted by Crippen LogP contribution is -2.33. The highest BCUT2D eigenvalue weighted by Crippen LogP contribution is 2.52. The summed E-state index contributed by atoms with van der Waals surface area (Å²) in [6, 6.07) is 6.06. The van der Waals surface area contributed by atoms with E-state index in [2.05, 4.69) is 14.5 Å². The molecule has 0 bridgehead atoms. The van der Waals surface area contributed by atoms with Gasteiger partial charge in [0, 0.05) is 32.8 Å². The zero-order valence-electron chi connectivity index (χ0n) is 17.8. The van der Waals surface area contributed by atoms with Crippen molar-refractivity contribution in [2.24, 2.45) is 17.8 Å². The highest BCUT2D eigenvalue weighted by molar-refractivity contribution is 5.29. The van der Waals surface area contributed by atoms with Crippen LogP contribution in [0.25, 0.3) is 0 Å². The average molecular weight is 445 g/mol. The molecule has 3 atom stereocenters. The molecule has 31 heavy (non-hydrogen) atoms. The smallest absolute Gasteiger partial charge is 0.428 e. The fraction of sp³-hybridized carbons (Fsp3) is 0.739. The van der Waals surface area contributed by atoms with Crippen molar-refractivity contribution < 1.29 is 27.0 Å². The lowest BCUT2D eigenvalue weighted by Gasteiger charge is -2.26. The summed E-state index contributed by atoms with van der Waals surface area (Å²) in [5, 5.41) is 0. The first-order chi connectivity index (χ1) is 14.9. The number of piperidine rings is 2. The van der Waals surface area contributed by atoms with Gasteiger partial charge in [-0.3, -0.25) is 4.90 Å². The summed E-state index contributed by atoms with van der Waals surface area (Å²) >= 11 is 0. The Labute approximate surface area is 181 Å². The van der Waals surface area contributed by atoms with E-state index in [4.69, 9.17) is 4.74 Å². The van der Waals surface area contributed by atoms with Crippen molar-refractivity contribution >= 4 is 0 Å². The number of fused-ring (bicyclic) bond motifs is 1. The first-order valence-corrected chi connectivity index (χ1v) is 11.4. The lowest BCUT2D eigenvalue weighted by atomic mass is 10.1. The van der Waals surface area contributed by atoms with Gasteiger partial charge in [0.15, 0.2) is 0 Å². The number of likely N-dealkylation sites (tertiary alicyclic amines) is 2. The molecule has 1 aromatic rings. The molecule has 0 radical (unpaired) electrons. The summed E-state index contributed by atoms with van der Waals surface area (Å²) in [6.07, 6.45) is -3.23. The van der Waals surface area contributed by atoms with Gasteiger partial charge in [-0.25, -0.2) is 0 Å². The van der Waals surface area contributed by atoms with E-state index < -0.39 is 12.5 Å². The highest BCUT2D eigenvalue weighted by Gasteiger charge is 2.55. The van der Waals surface area contributed by atoms with Crippen LogP contribution in [-0.4, -0.2) is 68.3 Å². The number of alkyl halides is 4. The Balaban J connectivity index is 1.12. The van der Waals surface area contributed by atoms with Crippen molar-refractivity contribution in [3.8, 4) is 5.75 Å². The Morgan fingerprint density at radius 1 is 1.03 bits per heavy atom. The first kappa shape index (κ1) is 22.8. The Hall–Kier alpha value is -1.38. The first-order valence-electron chi connectivity index (χ1n) is 11.4. The quantitative estimate of drug-likeness (QED) is 0.371. The van der Waals surface area contributed by atoms with Crippen LogP contribution in [0.2, 0.25) is 0 Å². The lowest BCUT2D eigenvalue weighted by molar-refractivity contribution is -0.253. The normalized spacial score (nSPS) is 26.9. The molecule has 8 heteroatoms. The molecule has 0 N–H and O–H groups in total. The van der Waals surface area contributed by atoms with E-state index in [0.29, 0.717) is 24.3 Å². The minimum Gasteiger partial charge on any atom is -0.428 e. The molecule has 0 spiro atoms.